The monoisotopic (exact) mass is 246 g/mol. The maximum Gasteiger partial charge on any atom is 0.263 e. The van der Waals surface area contributed by atoms with Crippen LogP contribution in [0, 0.1) is 5.82 Å². The van der Waals surface area contributed by atoms with Crippen LogP contribution in [0.1, 0.15) is 6.42 Å². The highest BCUT2D eigenvalue weighted by molar-refractivity contribution is 7.89. The van der Waals surface area contributed by atoms with E-state index in [2.05, 4.69) is 4.98 Å². The van der Waals surface area contributed by atoms with Crippen molar-refractivity contribution in [3.05, 3.63) is 24.1 Å². The maximum atomic E-state index is 13.3. The second-order valence-corrected chi connectivity index (χ2v) is 5.45. The van der Waals surface area contributed by atoms with E-state index in [0.717, 1.165) is 10.4 Å². The van der Waals surface area contributed by atoms with E-state index in [1.807, 2.05) is 0 Å². The molecule has 5 nitrogen and oxygen atoms in total. The molecule has 0 bridgehead atoms. The van der Waals surface area contributed by atoms with E-state index in [1.54, 1.807) is 0 Å². The van der Waals surface area contributed by atoms with Gasteiger partial charge >= 0.3 is 0 Å². The van der Waals surface area contributed by atoms with Gasteiger partial charge in [0.15, 0.2) is 5.82 Å². The van der Waals surface area contributed by atoms with E-state index < -0.39 is 27.0 Å². The van der Waals surface area contributed by atoms with Crippen molar-refractivity contribution in [2.24, 2.45) is 0 Å². The number of nitrogens with zero attached hydrogens (tertiary/aromatic N) is 2. The van der Waals surface area contributed by atoms with Crippen molar-refractivity contribution in [3.8, 4) is 0 Å². The van der Waals surface area contributed by atoms with Crippen molar-refractivity contribution in [3.63, 3.8) is 0 Å². The highest BCUT2D eigenvalue weighted by atomic mass is 32.2. The quantitative estimate of drug-likeness (QED) is 0.796. The molecule has 1 aromatic heterocycles. The maximum absolute atomic E-state index is 13.3. The molecule has 7 heteroatoms. The summed E-state index contributed by atoms with van der Waals surface area (Å²) in [5.41, 5.74) is 0. The third kappa shape index (κ3) is 1.93. The number of aliphatic hydroxyl groups excluding tert-OH is 1. The molecule has 0 aromatic carbocycles. The van der Waals surface area contributed by atoms with Crippen LogP contribution >= 0.6 is 0 Å². The van der Waals surface area contributed by atoms with Crippen molar-refractivity contribution < 1.29 is 17.9 Å². The summed E-state index contributed by atoms with van der Waals surface area (Å²) in [7, 11) is -3.92. The van der Waals surface area contributed by atoms with Crippen LogP contribution in [0.25, 0.3) is 0 Å². The molecule has 1 N–H and O–H groups in total. The van der Waals surface area contributed by atoms with Crippen LogP contribution in [-0.4, -0.2) is 42.0 Å². The Balaban J connectivity index is 2.36. The summed E-state index contributed by atoms with van der Waals surface area (Å²) in [6.07, 6.45) is 0.914. The number of hydrogen-bond donors (Lipinski definition) is 1. The minimum absolute atomic E-state index is 0.00164. The Bertz CT molecular complexity index is 491. The van der Waals surface area contributed by atoms with Crippen LogP contribution in [0.5, 0.6) is 0 Å². The number of rotatable bonds is 2. The van der Waals surface area contributed by atoms with Gasteiger partial charge in [-0.2, -0.15) is 4.31 Å². The van der Waals surface area contributed by atoms with Crippen LogP contribution in [0.3, 0.4) is 0 Å². The van der Waals surface area contributed by atoms with Gasteiger partial charge in [0.05, 0.1) is 6.10 Å². The van der Waals surface area contributed by atoms with E-state index in [9.17, 15) is 17.9 Å². The first-order valence-electron chi connectivity index (χ1n) is 4.80. The number of pyridine rings is 1. The van der Waals surface area contributed by atoms with Gasteiger partial charge in [0, 0.05) is 19.3 Å². The Labute approximate surface area is 92.6 Å². The van der Waals surface area contributed by atoms with Crippen LogP contribution in [0.4, 0.5) is 4.39 Å². The molecule has 1 aromatic rings. The predicted molar refractivity (Wildman–Crippen MR) is 53.6 cm³/mol. The molecule has 1 aliphatic heterocycles. The van der Waals surface area contributed by atoms with E-state index in [4.69, 9.17) is 0 Å². The van der Waals surface area contributed by atoms with Gasteiger partial charge in [-0.05, 0) is 18.6 Å². The van der Waals surface area contributed by atoms with Gasteiger partial charge in [-0.15, -0.1) is 0 Å². The number of β-amino-alcohol motifs (C(OH)–C–C–N with tert-alkyl or cyclic N) is 1. The highest BCUT2D eigenvalue weighted by Crippen LogP contribution is 2.21. The lowest BCUT2D eigenvalue weighted by Crippen LogP contribution is -2.31. The van der Waals surface area contributed by atoms with Gasteiger partial charge in [-0.25, -0.2) is 17.8 Å². The molecule has 2 rings (SSSR count). The average molecular weight is 246 g/mol. The minimum Gasteiger partial charge on any atom is -0.392 e. The molecule has 1 atom stereocenters. The van der Waals surface area contributed by atoms with Crippen molar-refractivity contribution in [2.75, 3.05) is 13.1 Å². The summed E-state index contributed by atoms with van der Waals surface area (Å²) in [4.78, 5) is 3.53. The lowest BCUT2D eigenvalue weighted by Gasteiger charge is -2.14. The Kier molecular flexibility index (Phi) is 2.92. The molecule has 88 valence electrons. The molecule has 0 amide bonds. The Morgan fingerprint density at radius 2 is 2.31 bits per heavy atom. The second-order valence-electron chi connectivity index (χ2n) is 3.60. The Morgan fingerprint density at radius 1 is 1.56 bits per heavy atom. The van der Waals surface area contributed by atoms with E-state index in [1.165, 1.54) is 12.3 Å². The molecule has 2 heterocycles. The standard InChI is InChI=1S/C9H11FN2O3S/c10-8-2-1-4-11-9(8)16(14,15)12-5-3-7(13)6-12/h1-2,4,7,13H,3,5-6H2. The molecule has 1 saturated heterocycles. The Hall–Kier alpha value is -1.05. The van der Waals surface area contributed by atoms with Gasteiger partial charge in [-0.3, -0.25) is 0 Å². The molecule has 0 saturated carbocycles. The number of sulfonamides is 1. The average Bonchev–Trinajstić information content (AvgIpc) is 2.66. The summed E-state index contributed by atoms with van der Waals surface area (Å²) in [5, 5.41) is 8.68. The summed E-state index contributed by atoms with van der Waals surface area (Å²) in [6.45, 7) is 0.192. The molecule has 16 heavy (non-hydrogen) atoms. The largest absolute Gasteiger partial charge is 0.392 e. The summed E-state index contributed by atoms with van der Waals surface area (Å²) < 4.78 is 38.2. The number of aliphatic hydroxyl groups is 1. The topological polar surface area (TPSA) is 70.5 Å². The fourth-order valence-corrected chi connectivity index (χ4v) is 3.08. The third-order valence-corrected chi connectivity index (χ3v) is 4.24. The van der Waals surface area contributed by atoms with Gasteiger partial charge in [0.25, 0.3) is 10.0 Å². The Morgan fingerprint density at radius 3 is 2.88 bits per heavy atom. The summed E-state index contributed by atoms with van der Waals surface area (Å²) >= 11 is 0. The van der Waals surface area contributed by atoms with Gasteiger partial charge in [0.1, 0.15) is 0 Å². The zero-order chi connectivity index (χ0) is 11.8. The zero-order valence-electron chi connectivity index (χ0n) is 8.38. The first-order chi connectivity index (χ1) is 7.51. The van der Waals surface area contributed by atoms with Crippen molar-refractivity contribution in [2.45, 2.75) is 17.6 Å². The van der Waals surface area contributed by atoms with Crippen molar-refractivity contribution in [1.82, 2.24) is 9.29 Å². The molecule has 1 fully saturated rings. The van der Waals surface area contributed by atoms with Crippen molar-refractivity contribution >= 4 is 10.0 Å². The highest BCUT2D eigenvalue weighted by Gasteiger charge is 2.34. The van der Waals surface area contributed by atoms with E-state index >= 15 is 0 Å². The zero-order valence-corrected chi connectivity index (χ0v) is 9.19. The molecule has 1 aliphatic rings. The van der Waals surface area contributed by atoms with Crippen LogP contribution < -0.4 is 0 Å². The second kappa shape index (κ2) is 4.08. The van der Waals surface area contributed by atoms with Gasteiger partial charge in [0.2, 0.25) is 5.03 Å². The molecule has 0 radical (unpaired) electrons. The fourth-order valence-electron chi connectivity index (χ4n) is 1.61. The van der Waals surface area contributed by atoms with Crippen LogP contribution in [-0.2, 0) is 10.0 Å². The number of aromatic nitrogens is 1. The first kappa shape index (κ1) is 11.4. The fraction of sp³-hybridized carbons (Fsp3) is 0.444. The molecule has 0 spiro atoms. The summed E-state index contributed by atoms with van der Waals surface area (Å²) in [6, 6.07) is 2.37. The van der Waals surface area contributed by atoms with E-state index in [0.29, 0.717) is 6.42 Å². The SMILES string of the molecule is O=S(=O)(c1ncccc1F)N1CCC(O)C1. The minimum atomic E-state index is -3.92. The summed E-state index contributed by atoms with van der Waals surface area (Å²) in [5.74, 6) is -0.871. The smallest absolute Gasteiger partial charge is 0.263 e. The van der Waals surface area contributed by atoms with Crippen molar-refractivity contribution in [1.29, 1.82) is 0 Å². The van der Waals surface area contributed by atoms with E-state index in [-0.39, 0.29) is 13.1 Å². The predicted octanol–water partition coefficient (Wildman–Crippen LogP) is -0.0240. The van der Waals surface area contributed by atoms with Crippen LogP contribution in [0.15, 0.2) is 23.4 Å². The lowest BCUT2D eigenvalue weighted by molar-refractivity contribution is 0.189. The number of halogens is 1. The first-order valence-corrected chi connectivity index (χ1v) is 6.24. The normalized spacial score (nSPS) is 22.5. The van der Waals surface area contributed by atoms with Gasteiger partial charge < -0.3 is 5.11 Å². The molecule has 0 aliphatic carbocycles. The number of hydrogen-bond acceptors (Lipinski definition) is 4. The lowest BCUT2D eigenvalue weighted by atomic mass is 10.3. The third-order valence-electron chi connectivity index (χ3n) is 2.44. The molecular weight excluding hydrogens is 235 g/mol. The molecule has 1 unspecified atom stereocenters. The molecular formula is C9H11FN2O3S. The van der Waals surface area contributed by atoms with Gasteiger partial charge in [-0.1, -0.05) is 0 Å². The van der Waals surface area contributed by atoms with Crippen LogP contribution in [0.2, 0.25) is 0 Å².